The van der Waals surface area contributed by atoms with Crippen LogP contribution in [0.5, 0.6) is 5.75 Å². The highest BCUT2D eigenvalue weighted by Gasteiger charge is 2.57. The number of fused-ring (bicyclic) bond motifs is 1. The second-order valence-electron chi connectivity index (χ2n) is 7.33. The van der Waals surface area contributed by atoms with E-state index in [1.807, 2.05) is 30.3 Å². The maximum Gasteiger partial charge on any atom is 0.189 e. The van der Waals surface area contributed by atoms with Crippen molar-refractivity contribution < 1.29 is 4.74 Å². The van der Waals surface area contributed by atoms with Crippen molar-refractivity contribution in [1.82, 2.24) is 4.90 Å². The molecular weight excluding hydrogens is 350 g/mol. The van der Waals surface area contributed by atoms with E-state index in [0.29, 0.717) is 12.3 Å². The number of rotatable bonds is 4. The van der Waals surface area contributed by atoms with Gasteiger partial charge in [0.25, 0.3) is 0 Å². The third-order valence-electron chi connectivity index (χ3n) is 5.86. The molecule has 0 amide bonds. The van der Waals surface area contributed by atoms with Crippen LogP contribution >= 0.6 is 0 Å². The van der Waals surface area contributed by atoms with Gasteiger partial charge in [0.2, 0.25) is 0 Å². The van der Waals surface area contributed by atoms with Gasteiger partial charge in [-0.05, 0) is 36.2 Å². The lowest BCUT2D eigenvalue weighted by Gasteiger charge is -2.47. The normalized spacial score (nSPS) is 26.2. The molecule has 2 aliphatic rings. The lowest BCUT2D eigenvalue weighted by molar-refractivity contribution is 0.204. The molecule has 0 bridgehead atoms. The predicted octanol–water partition coefficient (Wildman–Crippen LogP) is 3.25. The Morgan fingerprint density at radius 3 is 2.64 bits per heavy atom. The number of nitrogens with one attached hydrogen (secondary N) is 1. The molecule has 0 radical (unpaired) electrons. The molecule has 1 fully saturated rings. The summed E-state index contributed by atoms with van der Waals surface area (Å²) in [7, 11) is 1.57. The van der Waals surface area contributed by atoms with Crippen LogP contribution in [0.3, 0.4) is 0 Å². The fourth-order valence-corrected chi connectivity index (χ4v) is 4.58. The molecule has 1 saturated carbocycles. The van der Waals surface area contributed by atoms with Crippen molar-refractivity contribution in [2.45, 2.75) is 19.3 Å². The van der Waals surface area contributed by atoms with Crippen molar-refractivity contribution >= 4 is 5.71 Å². The molecule has 0 saturated heterocycles. The van der Waals surface area contributed by atoms with Gasteiger partial charge in [0.1, 0.15) is 11.7 Å². The lowest BCUT2D eigenvalue weighted by atomic mass is 9.54. The van der Waals surface area contributed by atoms with Gasteiger partial charge in [-0.1, -0.05) is 25.1 Å². The van der Waals surface area contributed by atoms with E-state index in [1.54, 1.807) is 7.11 Å². The molecule has 1 heterocycles. The summed E-state index contributed by atoms with van der Waals surface area (Å²) < 4.78 is 5.35. The summed E-state index contributed by atoms with van der Waals surface area (Å²) in [5.41, 5.74) is -0.129. The number of ether oxygens (including phenoxy) is 1. The molecule has 142 valence electrons. The zero-order valence-electron chi connectivity index (χ0n) is 16.1. The summed E-state index contributed by atoms with van der Waals surface area (Å²) in [5, 5.41) is 38.5. The Balaban J connectivity index is 2.22. The number of hydrogen-bond acceptors (Lipinski definition) is 6. The molecule has 0 spiro atoms. The van der Waals surface area contributed by atoms with Crippen LogP contribution in [0.4, 0.5) is 0 Å². The summed E-state index contributed by atoms with van der Waals surface area (Å²) in [6.07, 6.45) is 3.02. The first-order chi connectivity index (χ1) is 13.6. The standard InChI is InChI=1S/C22H23N5O/c1-3-8-27-9-7-17-18(11-23)21(26)22(13-24,14-25)20(19(17)12-27)15-5-4-6-16(10-15)28-2/h4-7,10,18-20,26H,3,8-9,12H2,1-2H3/t18?,19-,20-/m1/s1. The van der Waals surface area contributed by atoms with Crippen molar-refractivity contribution in [3.05, 3.63) is 41.5 Å². The van der Waals surface area contributed by atoms with Crippen LogP contribution in [-0.2, 0) is 0 Å². The highest BCUT2D eigenvalue weighted by Crippen LogP contribution is 2.53. The molecule has 1 aliphatic carbocycles. The van der Waals surface area contributed by atoms with E-state index < -0.39 is 17.3 Å². The number of hydrogen-bond donors (Lipinski definition) is 1. The molecule has 1 aromatic rings. The molecule has 1 aromatic carbocycles. The average Bonchev–Trinajstić information content (AvgIpc) is 2.73. The van der Waals surface area contributed by atoms with Crippen LogP contribution in [0.15, 0.2) is 35.9 Å². The minimum atomic E-state index is -1.68. The number of nitrogens with zero attached hydrogens (tertiary/aromatic N) is 4. The lowest BCUT2D eigenvalue weighted by Crippen LogP contribution is -2.52. The van der Waals surface area contributed by atoms with Gasteiger partial charge in [0, 0.05) is 24.9 Å². The maximum atomic E-state index is 10.1. The van der Waals surface area contributed by atoms with E-state index in [0.717, 1.165) is 30.6 Å². The average molecular weight is 373 g/mol. The van der Waals surface area contributed by atoms with E-state index in [4.69, 9.17) is 10.1 Å². The Hall–Kier alpha value is -3.14. The third kappa shape index (κ3) is 2.95. The van der Waals surface area contributed by atoms with Crippen LogP contribution in [0.2, 0.25) is 0 Å². The molecule has 1 aliphatic heterocycles. The first-order valence-electron chi connectivity index (χ1n) is 9.43. The van der Waals surface area contributed by atoms with E-state index in [2.05, 4.69) is 30.0 Å². The third-order valence-corrected chi connectivity index (χ3v) is 5.86. The van der Waals surface area contributed by atoms with Crippen molar-refractivity contribution in [3.8, 4) is 24.0 Å². The fraction of sp³-hybridized carbons (Fsp3) is 0.455. The van der Waals surface area contributed by atoms with Gasteiger partial charge in [-0.15, -0.1) is 0 Å². The monoisotopic (exact) mass is 373 g/mol. The molecule has 28 heavy (non-hydrogen) atoms. The molecule has 6 nitrogen and oxygen atoms in total. The van der Waals surface area contributed by atoms with Gasteiger partial charge in [-0.3, -0.25) is 4.90 Å². The Kier molecular flexibility index (Phi) is 5.50. The van der Waals surface area contributed by atoms with Crippen molar-refractivity contribution in [2.75, 3.05) is 26.7 Å². The van der Waals surface area contributed by atoms with Crippen LogP contribution in [0.25, 0.3) is 0 Å². The highest BCUT2D eigenvalue weighted by molar-refractivity contribution is 6.00. The first kappa shape index (κ1) is 19.6. The van der Waals surface area contributed by atoms with Gasteiger partial charge >= 0.3 is 0 Å². The summed E-state index contributed by atoms with van der Waals surface area (Å²) in [5.74, 6) is -0.885. The smallest absolute Gasteiger partial charge is 0.189 e. The minimum Gasteiger partial charge on any atom is -0.497 e. The Morgan fingerprint density at radius 1 is 1.29 bits per heavy atom. The Morgan fingerprint density at radius 2 is 2.04 bits per heavy atom. The van der Waals surface area contributed by atoms with Gasteiger partial charge in [0.15, 0.2) is 5.41 Å². The number of nitriles is 3. The van der Waals surface area contributed by atoms with Gasteiger partial charge in [-0.25, -0.2) is 0 Å². The zero-order valence-corrected chi connectivity index (χ0v) is 16.1. The van der Waals surface area contributed by atoms with Crippen molar-refractivity contribution in [3.63, 3.8) is 0 Å². The first-order valence-corrected chi connectivity index (χ1v) is 9.43. The van der Waals surface area contributed by atoms with E-state index >= 15 is 0 Å². The maximum absolute atomic E-state index is 10.1. The largest absolute Gasteiger partial charge is 0.497 e. The van der Waals surface area contributed by atoms with Gasteiger partial charge in [0.05, 0.1) is 31.0 Å². The second kappa shape index (κ2) is 7.85. The molecule has 3 atom stereocenters. The van der Waals surface area contributed by atoms with Crippen LogP contribution in [0.1, 0.15) is 24.8 Å². The quantitative estimate of drug-likeness (QED) is 0.815. The van der Waals surface area contributed by atoms with Crippen LogP contribution in [-0.4, -0.2) is 37.4 Å². The summed E-state index contributed by atoms with van der Waals surface area (Å²) >= 11 is 0. The van der Waals surface area contributed by atoms with E-state index in [9.17, 15) is 15.8 Å². The molecular formula is C22H23N5O. The van der Waals surface area contributed by atoms with Gasteiger partial charge in [-0.2, -0.15) is 15.8 Å². The summed E-state index contributed by atoms with van der Waals surface area (Å²) in [4.78, 5) is 2.28. The van der Waals surface area contributed by atoms with Crippen LogP contribution in [0, 0.1) is 56.7 Å². The fourth-order valence-electron chi connectivity index (χ4n) is 4.58. The molecule has 0 aromatic heterocycles. The van der Waals surface area contributed by atoms with E-state index in [1.165, 1.54) is 0 Å². The molecule has 3 rings (SSSR count). The zero-order chi connectivity index (χ0) is 20.3. The molecule has 6 heteroatoms. The topological polar surface area (TPSA) is 108 Å². The van der Waals surface area contributed by atoms with Crippen molar-refractivity contribution in [2.24, 2.45) is 17.3 Å². The number of methoxy groups -OCH3 is 1. The Labute approximate surface area is 165 Å². The highest BCUT2D eigenvalue weighted by atomic mass is 16.5. The number of benzene rings is 1. The van der Waals surface area contributed by atoms with Gasteiger partial charge < -0.3 is 10.1 Å². The van der Waals surface area contributed by atoms with Crippen molar-refractivity contribution in [1.29, 1.82) is 21.2 Å². The Bertz CT molecular complexity index is 915. The predicted molar refractivity (Wildman–Crippen MR) is 105 cm³/mol. The molecule has 1 unspecified atom stereocenters. The summed E-state index contributed by atoms with van der Waals surface area (Å²) in [6.45, 7) is 4.41. The van der Waals surface area contributed by atoms with Crippen LogP contribution < -0.4 is 4.74 Å². The SMILES string of the molecule is CCCN1CC=C2C(C#N)C(=N)C(C#N)(C#N)[C@H](c3cccc(OC)c3)[C@@H]2C1. The summed E-state index contributed by atoms with van der Waals surface area (Å²) in [6, 6.07) is 13.8. The second-order valence-corrected chi connectivity index (χ2v) is 7.33. The molecule has 1 N–H and O–H groups in total. The minimum absolute atomic E-state index is 0.112. The van der Waals surface area contributed by atoms with E-state index in [-0.39, 0.29) is 11.6 Å².